The zero-order chi connectivity index (χ0) is 10.8. The van der Waals surface area contributed by atoms with Gasteiger partial charge in [0.15, 0.2) is 0 Å². The van der Waals surface area contributed by atoms with Crippen LogP contribution in [0.3, 0.4) is 0 Å². The van der Waals surface area contributed by atoms with Crippen LogP contribution in [-0.2, 0) is 6.54 Å². The number of hydrogen-bond donors (Lipinski definition) is 2. The van der Waals surface area contributed by atoms with Gasteiger partial charge in [-0.2, -0.15) is 0 Å². The Labute approximate surface area is 91.1 Å². The highest BCUT2D eigenvalue weighted by Gasteiger charge is 2.07. The molecule has 0 unspecified atom stereocenters. The van der Waals surface area contributed by atoms with E-state index in [0.717, 1.165) is 5.69 Å². The van der Waals surface area contributed by atoms with Crippen molar-refractivity contribution in [1.29, 1.82) is 0 Å². The Morgan fingerprint density at radius 2 is 2.27 bits per heavy atom. The summed E-state index contributed by atoms with van der Waals surface area (Å²) >= 11 is 5.89. The van der Waals surface area contributed by atoms with Gasteiger partial charge in [-0.1, -0.05) is 11.6 Å². The van der Waals surface area contributed by atoms with E-state index in [1.807, 2.05) is 0 Å². The van der Waals surface area contributed by atoms with Crippen LogP contribution < -0.4 is 5.73 Å². The smallest absolute Gasteiger partial charge is 0.139 e. The highest BCUT2D eigenvalue weighted by atomic mass is 35.5. The largest absolute Gasteiger partial charge is 0.341 e. The zero-order valence-corrected chi connectivity index (χ0v) is 8.55. The summed E-state index contributed by atoms with van der Waals surface area (Å²) in [6.07, 6.45) is 1.63. The lowest BCUT2D eigenvalue weighted by molar-refractivity contribution is 0.628. The van der Waals surface area contributed by atoms with Gasteiger partial charge in [0.25, 0.3) is 0 Å². The number of halogens is 2. The molecule has 1 heterocycles. The van der Waals surface area contributed by atoms with Crippen LogP contribution in [0, 0.1) is 5.82 Å². The van der Waals surface area contributed by atoms with E-state index >= 15 is 0 Å². The van der Waals surface area contributed by atoms with Crippen molar-refractivity contribution < 1.29 is 4.39 Å². The van der Waals surface area contributed by atoms with E-state index in [1.54, 1.807) is 12.3 Å². The number of nitrogens with two attached hydrogens (primary N) is 1. The highest BCUT2D eigenvalue weighted by Crippen LogP contribution is 2.25. The molecule has 0 saturated heterocycles. The molecule has 0 radical (unpaired) electrons. The zero-order valence-electron chi connectivity index (χ0n) is 7.80. The molecule has 3 N–H and O–H groups in total. The molecule has 0 spiro atoms. The van der Waals surface area contributed by atoms with Gasteiger partial charge in [0.05, 0.1) is 5.02 Å². The molecule has 1 aromatic heterocycles. The first kappa shape index (κ1) is 10.1. The molecule has 15 heavy (non-hydrogen) atoms. The number of aromatic amines is 1. The molecule has 3 nitrogen and oxygen atoms in total. The summed E-state index contributed by atoms with van der Waals surface area (Å²) in [7, 11) is 0. The maximum atomic E-state index is 12.8. The monoisotopic (exact) mass is 225 g/mol. The minimum absolute atomic E-state index is 0.327. The molecule has 2 aromatic rings. The summed E-state index contributed by atoms with van der Waals surface area (Å²) in [5.41, 5.74) is 6.91. The van der Waals surface area contributed by atoms with Crippen molar-refractivity contribution in [2.24, 2.45) is 5.73 Å². The molecule has 0 saturated carbocycles. The molecule has 0 aliphatic rings. The number of aromatic nitrogens is 2. The number of nitrogens with one attached hydrogen (secondary N) is 1. The van der Waals surface area contributed by atoms with Crippen LogP contribution in [0.2, 0.25) is 5.02 Å². The minimum atomic E-state index is -0.366. The number of hydrogen-bond acceptors (Lipinski definition) is 2. The molecule has 0 bridgehead atoms. The summed E-state index contributed by atoms with van der Waals surface area (Å²) in [4.78, 5) is 7.10. The van der Waals surface area contributed by atoms with E-state index in [-0.39, 0.29) is 5.82 Å². The molecule has 0 aliphatic carbocycles. The topological polar surface area (TPSA) is 54.7 Å². The maximum Gasteiger partial charge on any atom is 0.139 e. The number of benzene rings is 1. The average Bonchev–Trinajstić information content (AvgIpc) is 2.66. The predicted molar refractivity (Wildman–Crippen MR) is 56.9 cm³/mol. The van der Waals surface area contributed by atoms with Crippen molar-refractivity contribution in [1.82, 2.24) is 9.97 Å². The lowest BCUT2D eigenvalue weighted by Gasteiger charge is -2.00. The Bertz CT molecular complexity index is 481. The van der Waals surface area contributed by atoms with Gasteiger partial charge < -0.3 is 10.7 Å². The van der Waals surface area contributed by atoms with Crippen molar-refractivity contribution >= 4 is 11.6 Å². The third kappa shape index (κ3) is 2.00. The van der Waals surface area contributed by atoms with E-state index in [2.05, 4.69) is 9.97 Å². The number of H-pyrrole nitrogens is 1. The van der Waals surface area contributed by atoms with E-state index in [4.69, 9.17) is 17.3 Å². The van der Waals surface area contributed by atoms with Crippen molar-refractivity contribution in [3.8, 4) is 11.4 Å². The summed E-state index contributed by atoms with van der Waals surface area (Å²) in [5, 5.41) is 0.327. The van der Waals surface area contributed by atoms with Crippen LogP contribution in [0.4, 0.5) is 4.39 Å². The van der Waals surface area contributed by atoms with Gasteiger partial charge in [-0.05, 0) is 18.2 Å². The first-order valence-electron chi connectivity index (χ1n) is 4.40. The Hall–Kier alpha value is -1.39. The Morgan fingerprint density at radius 1 is 1.47 bits per heavy atom. The fraction of sp³-hybridized carbons (Fsp3) is 0.100. The highest BCUT2D eigenvalue weighted by molar-refractivity contribution is 6.33. The molecule has 78 valence electrons. The minimum Gasteiger partial charge on any atom is -0.341 e. The van der Waals surface area contributed by atoms with Crippen LogP contribution in [0.15, 0.2) is 24.4 Å². The number of rotatable bonds is 2. The van der Waals surface area contributed by atoms with Crippen molar-refractivity contribution in [2.75, 3.05) is 0 Å². The van der Waals surface area contributed by atoms with Crippen molar-refractivity contribution in [3.05, 3.63) is 40.9 Å². The number of nitrogens with zero attached hydrogens (tertiary/aromatic N) is 1. The van der Waals surface area contributed by atoms with Crippen LogP contribution in [0.5, 0.6) is 0 Å². The average molecular weight is 226 g/mol. The van der Waals surface area contributed by atoms with E-state index in [1.165, 1.54) is 12.1 Å². The summed E-state index contributed by atoms with van der Waals surface area (Å²) in [6, 6.07) is 4.17. The predicted octanol–water partition coefficient (Wildman–Crippen LogP) is 2.33. The van der Waals surface area contributed by atoms with Gasteiger partial charge in [-0.25, -0.2) is 9.37 Å². The third-order valence-corrected chi connectivity index (χ3v) is 2.35. The first-order valence-corrected chi connectivity index (χ1v) is 4.78. The fourth-order valence-corrected chi connectivity index (χ4v) is 1.54. The molecular formula is C10H9ClFN3. The van der Waals surface area contributed by atoms with E-state index < -0.39 is 0 Å². The Kier molecular flexibility index (Phi) is 2.70. The Morgan fingerprint density at radius 3 is 2.87 bits per heavy atom. The second kappa shape index (κ2) is 4.00. The fourth-order valence-electron chi connectivity index (χ4n) is 1.28. The molecule has 0 amide bonds. The van der Waals surface area contributed by atoms with Crippen LogP contribution in [-0.4, -0.2) is 9.97 Å². The van der Waals surface area contributed by atoms with Gasteiger partial charge in [0.2, 0.25) is 0 Å². The second-order valence-corrected chi connectivity index (χ2v) is 3.49. The molecule has 1 aromatic carbocycles. The van der Waals surface area contributed by atoms with Gasteiger partial charge in [-0.15, -0.1) is 0 Å². The van der Waals surface area contributed by atoms with Gasteiger partial charge >= 0.3 is 0 Å². The summed E-state index contributed by atoms with van der Waals surface area (Å²) < 4.78 is 12.8. The number of imidazole rings is 1. The van der Waals surface area contributed by atoms with Gasteiger partial charge in [0.1, 0.15) is 11.6 Å². The quantitative estimate of drug-likeness (QED) is 0.824. The first-order chi connectivity index (χ1) is 7.20. The van der Waals surface area contributed by atoms with Crippen LogP contribution in [0.1, 0.15) is 5.69 Å². The SMILES string of the molecule is NCc1cnc(-c2ccc(F)cc2Cl)[nH]1. The normalized spacial score (nSPS) is 10.6. The lowest BCUT2D eigenvalue weighted by atomic mass is 10.2. The van der Waals surface area contributed by atoms with Crippen molar-refractivity contribution in [2.45, 2.75) is 6.54 Å². The van der Waals surface area contributed by atoms with Gasteiger partial charge in [0, 0.05) is 24.0 Å². The van der Waals surface area contributed by atoms with E-state index in [0.29, 0.717) is 23.0 Å². The van der Waals surface area contributed by atoms with E-state index in [9.17, 15) is 4.39 Å². The molecule has 2 rings (SSSR count). The standard InChI is InChI=1S/C10H9ClFN3/c11-9-3-6(12)1-2-8(9)10-14-5-7(4-13)15-10/h1-3,5H,4,13H2,(H,14,15). The molecule has 0 aliphatic heterocycles. The van der Waals surface area contributed by atoms with Crippen LogP contribution >= 0.6 is 11.6 Å². The summed E-state index contributed by atoms with van der Waals surface area (Å²) in [6.45, 7) is 0.381. The third-order valence-electron chi connectivity index (χ3n) is 2.03. The maximum absolute atomic E-state index is 12.8. The lowest BCUT2D eigenvalue weighted by Crippen LogP contribution is -1.95. The molecule has 0 fully saturated rings. The van der Waals surface area contributed by atoms with Crippen molar-refractivity contribution in [3.63, 3.8) is 0 Å². The summed E-state index contributed by atoms with van der Waals surface area (Å²) in [5.74, 6) is 0.231. The van der Waals surface area contributed by atoms with Crippen LogP contribution in [0.25, 0.3) is 11.4 Å². The van der Waals surface area contributed by atoms with Gasteiger partial charge in [-0.3, -0.25) is 0 Å². The molecule has 5 heteroatoms. The molecular weight excluding hydrogens is 217 g/mol. The molecule has 0 atom stereocenters. The second-order valence-electron chi connectivity index (χ2n) is 3.09. The Balaban J connectivity index is 2.44.